The first-order valence-corrected chi connectivity index (χ1v) is 7.44. The van der Waals surface area contributed by atoms with Gasteiger partial charge in [-0.15, -0.1) is 0 Å². The number of anilines is 2. The largest absolute Gasteiger partial charge is 0.398 e. The maximum atomic E-state index is 11.7. The number of carbonyl (C=O) groups is 1. The van der Waals surface area contributed by atoms with E-state index in [1.54, 1.807) is 31.4 Å². The van der Waals surface area contributed by atoms with Crippen molar-refractivity contribution in [2.75, 3.05) is 31.3 Å². The van der Waals surface area contributed by atoms with Gasteiger partial charge in [0.15, 0.2) is 0 Å². The molecule has 2 rings (SSSR count). The molecular weight excluding hydrogens is 320 g/mol. The molecule has 25 heavy (non-hydrogen) atoms. The molecule has 1 aromatic heterocycles. The molecule has 1 aromatic carbocycles. The number of nitriles is 1. The normalized spacial score (nSPS) is 9.92. The van der Waals surface area contributed by atoms with Crippen LogP contribution in [0.25, 0.3) is 0 Å². The predicted molar refractivity (Wildman–Crippen MR) is 101 cm³/mol. The Morgan fingerprint density at radius 1 is 1.44 bits per heavy atom. The monoisotopic (exact) mass is 344 g/mol. The van der Waals surface area contributed by atoms with Gasteiger partial charge in [-0.25, -0.2) is 9.78 Å². The summed E-state index contributed by atoms with van der Waals surface area (Å²) in [5.74, 6) is 0.281. The van der Waals surface area contributed by atoms with Crippen molar-refractivity contribution >= 4 is 23.2 Å². The average molecular weight is 344 g/mol. The second kappa shape index (κ2) is 8.42. The van der Waals surface area contributed by atoms with Crippen LogP contribution in [0, 0.1) is 16.7 Å². The van der Waals surface area contributed by atoms with Crippen molar-refractivity contribution in [2.24, 2.45) is 0 Å². The molecule has 0 aliphatic carbocycles. The Kier molecular flexibility index (Phi) is 6.03. The minimum absolute atomic E-state index is 0. The number of hydrogen-bond donors (Lipinski definition) is 4. The molecule has 0 saturated carbocycles. The van der Waals surface area contributed by atoms with E-state index < -0.39 is 6.03 Å². The van der Waals surface area contributed by atoms with Gasteiger partial charge in [-0.3, -0.25) is 10.7 Å². The van der Waals surface area contributed by atoms with E-state index in [2.05, 4.69) is 15.6 Å². The Balaban J connectivity index is 0. The summed E-state index contributed by atoms with van der Waals surface area (Å²) >= 11 is 0. The molecule has 0 spiro atoms. The van der Waals surface area contributed by atoms with Gasteiger partial charge < -0.3 is 15.8 Å². The molecule has 2 amide bonds. The second-order valence-corrected chi connectivity index (χ2v) is 5.09. The molecule has 5 N–H and O–H groups in total. The summed E-state index contributed by atoms with van der Waals surface area (Å²) in [5, 5.41) is 22.2. The second-order valence-electron chi connectivity index (χ2n) is 5.09. The van der Waals surface area contributed by atoms with E-state index in [-0.39, 0.29) is 15.8 Å². The Morgan fingerprint density at radius 2 is 2.16 bits per heavy atom. The average Bonchev–Trinajstić information content (AvgIpc) is 2.61. The van der Waals surface area contributed by atoms with Crippen molar-refractivity contribution in [3.63, 3.8) is 0 Å². The minimum Gasteiger partial charge on any atom is -0.398 e. The number of aromatic nitrogens is 1. The van der Waals surface area contributed by atoms with E-state index in [9.17, 15) is 4.79 Å². The molecule has 0 aliphatic rings. The van der Waals surface area contributed by atoms with Crippen LogP contribution in [0.4, 0.5) is 16.3 Å². The highest BCUT2D eigenvalue weighted by Crippen LogP contribution is 2.19. The van der Waals surface area contributed by atoms with Crippen LogP contribution in [-0.2, 0) is 4.74 Å². The van der Waals surface area contributed by atoms with Crippen LogP contribution in [0.15, 0.2) is 36.5 Å². The van der Waals surface area contributed by atoms with Crippen molar-refractivity contribution in [2.45, 2.75) is 0 Å². The van der Waals surface area contributed by atoms with Gasteiger partial charge in [-0.1, -0.05) is 12.1 Å². The Morgan fingerprint density at radius 3 is 2.76 bits per heavy atom. The van der Waals surface area contributed by atoms with Crippen LogP contribution in [0.1, 0.15) is 21.0 Å². The van der Waals surface area contributed by atoms with Crippen molar-refractivity contribution in [1.29, 1.82) is 10.7 Å². The first-order valence-electron chi connectivity index (χ1n) is 7.44. The quantitative estimate of drug-likeness (QED) is 0.471. The number of nitrogen functional groups attached to an aromatic ring is 1. The number of nitrogens with two attached hydrogens (primary N) is 1. The summed E-state index contributed by atoms with van der Waals surface area (Å²) in [6.45, 7) is 0.781. The molecule has 8 nitrogen and oxygen atoms in total. The van der Waals surface area contributed by atoms with E-state index in [0.29, 0.717) is 35.5 Å². The molecule has 1 heterocycles. The van der Waals surface area contributed by atoms with E-state index in [1.165, 1.54) is 12.3 Å². The molecular formula is C17H24N6O2. The third-order valence-corrected chi connectivity index (χ3v) is 3.34. The fourth-order valence-electron chi connectivity index (χ4n) is 2.04. The molecule has 0 radical (unpaired) electrons. The van der Waals surface area contributed by atoms with Crippen molar-refractivity contribution < 1.29 is 13.8 Å². The molecule has 0 aliphatic heterocycles. The van der Waals surface area contributed by atoms with Crippen molar-refractivity contribution in [3.8, 4) is 6.07 Å². The van der Waals surface area contributed by atoms with E-state index in [1.807, 2.05) is 6.07 Å². The third kappa shape index (κ3) is 4.76. The zero-order valence-corrected chi connectivity index (χ0v) is 13.7. The van der Waals surface area contributed by atoms with Gasteiger partial charge in [0, 0.05) is 47.0 Å². The van der Waals surface area contributed by atoms with Crippen LogP contribution in [0.2, 0.25) is 0 Å². The Labute approximate surface area is 149 Å². The predicted octanol–water partition coefficient (Wildman–Crippen LogP) is 2.46. The van der Waals surface area contributed by atoms with Crippen LogP contribution < -0.4 is 16.4 Å². The summed E-state index contributed by atoms with van der Waals surface area (Å²) in [5.41, 5.74) is 8.06. The van der Waals surface area contributed by atoms with Gasteiger partial charge >= 0.3 is 6.03 Å². The first-order chi connectivity index (χ1) is 12.0. The number of nitrogens with one attached hydrogen (secondary N) is 3. The van der Waals surface area contributed by atoms with Gasteiger partial charge in [-0.05, 0) is 12.1 Å². The number of carbonyl (C=O) groups excluding carboxylic acids is 1. The molecule has 8 heteroatoms. The van der Waals surface area contributed by atoms with Gasteiger partial charge in [0.25, 0.3) is 0 Å². The number of rotatable bonds is 6. The highest BCUT2D eigenvalue weighted by molar-refractivity contribution is 6.13. The van der Waals surface area contributed by atoms with Crippen LogP contribution >= 0.6 is 0 Å². The highest BCUT2D eigenvalue weighted by atomic mass is 16.5. The minimum atomic E-state index is -0.418. The van der Waals surface area contributed by atoms with Gasteiger partial charge in [0.1, 0.15) is 5.82 Å². The summed E-state index contributed by atoms with van der Waals surface area (Å²) < 4.78 is 4.84. The standard InChI is InChI=1S/C17H18N6O2.3H2/c1-25-7-6-21-17(24)23-15-8-14(19)13(10-22-15)16(20)12-4-2-11(9-18)3-5-12;;;/h2-5,8,10,20H,6-7H2,1H3,(H4,19,21,22,23,24);3*1H. The van der Waals surface area contributed by atoms with Crippen LogP contribution in [-0.4, -0.2) is 37.0 Å². The maximum absolute atomic E-state index is 11.7. The maximum Gasteiger partial charge on any atom is 0.320 e. The number of benzene rings is 1. The summed E-state index contributed by atoms with van der Waals surface area (Å²) in [4.78, 5) is 15.8. The lowest BCUT2D eigenvalue weighted by molar-refractivity contribution is 0.198. The van der Waals surface area contributed by atoms with Crippen LogP contribution in [0.5, 0.6) is 0 Å². The van der Waals surface area contributed by atoms with Crippen LogP contribution in [0.3, 0.4) is 0 Å². The molecule has 2 aromatic rings. The zero-order valence-electron chi connectivity index (χ0n) is 13.7. The smallest absolute Gasteiger partial charge is 0.320 e. The number of nitrogens with zero attached hydrogens (tertiary/aromatic N) is 2. The fraction of sp³-hybridized carbons (Fsp3) is 0.176. The summed E-state index contributed by atoms with van der Waals surface area (Å²) in [7, 11) is 1.55. The van der Waals surface area contributed by atoms with E-state index in [4.69, 9.17) is 21.1 Å². The summed E-state index contributed by atoms with van der Waals surface area (Å²) in [6.07, 6.45) is 1.43. The fourth-order valence-corrected chi connectivity index (χ4v) is 2.04. The van der Waals surface area contributed by atoms with Gasteiger partial charge in [0.2, 0.25) is 0 Å². The molecule has 0 atom stereocenters. The van der Waals surface area contributed by atoms with Crippen molar-refractivity contribution in [1.82, 2.24) is 10.3 Å². The summed E-state index contributed by atoms with van der Waals surface area (Å²) in [6, 6.07) is 9.72. The molecule has 0 saturated heterocycles. The number of urea groups is 1. The molecule has 134 valence electrons. The third-order valence-electron chi connectivity index (χ3n) is 3.34. The number of hydrogen-bond acceptors (Lipinski definition) is 6. The van der Waals surface area contributed by atoms with Crippen molar-refractivity contribution in [3.05, 3.63) is 53.2 Å². The number of amides is 2. The topological polar surface area (TPSA) is 137 Å². The number of methoxy groups -OCH3 is 1. The lowest BCUT2D eigenvalue weighted by Gasteiger charge is -2.11. The molecule has 0 fully saturated rings. The lowest BCUT2D eigenvalue weighted by atomic mass is 10.0. The zero-order chi connectivity index (χ0) is 18.2. The SMILES string of the molecule is COCCNC(=O)Nc1cc(N)c(C(=N)c2ccc(C#N)cc2)cn1.[HH].[HH].[HH]. The Bertz CT molecular complexity index is 825. The number of ether oxygens (including phenoxy) is 1. The first kappa shape index (κ1) is 17.9. The molecule has 0 unspecified atom stereocenters. The Hall–Kier alpha value is -3.44. The van der Waals surface area contributed by atoms with Gasteiger partial charge in [-0.2, -0.15) is 5.26 Å². The lowest BCUT2D eigenvalue weighted by Crippen LogP contribution is -2.31. The van der Waals surface area contributed by atoms with E-state index in [0.717, 1.165) is 0 Å². The van der Waals surface area contributed by atoms with Gasteiger partial charge in [0.05, 0.1) is 24.0 Å². The number of pyridine rings is 1. The van der Waals surface area contributed by atoms with E-state index >= 15 is 0 Å². The molecule has 0 bridgehead atoms. The highest BCUT2D eigenvalue weighted by Gasteiger charge is 2.11.